The molecule has 2 aromatic carbocycles. The third-order valence-corrected chi connectivity index (χ3v) is 10.4. The van der Waals surface area contributed by atoms with Crippen molar-refractivity contribution in [1.29, 1.82) is 0 Å². The molecule has 2 bridgehead atoms. The van der Waals surface area contributed by atoms with Gasteiger partial charge in [-0.25, -0.2) is 23.9 Å². The van der Waals surface area contributed by atoms with Gasteiger partial charge in [0.1, 0.15) is 11.6 Å². The van der Waals surface area contributed by atoms with Gasteiger partial charge >= 0.3 is 0 Å². The van der Waals surface area contributed by atoms with Crippen molar-refractivity contribution in [2.75, 3.05) is 6.98 Å². The zero-order valence-electron chi connectivity index (χ0n) is 28.4. The summed E-state index contributed by atoms with van der Waals surface area (Å²) in [5, 5.41) is 0. The van der Waals surface area contributed by atoms with Gasteiger partial charge in [0.05, 0.1) is 44.4 Å². The highest BCUT2D eigenvalue weighted by Crippen LogP contribution is 2.48. The van der Waals surface area contributed by atoms with Crippen LogP contribution in [0, 0.1) is 11.8 Å². The minimum Gasteiger partial charge on any atom is -0.331 e. The highest BCUT2D eigenvalue weighted by atomic mass is 32.2. The zero-order valence-corrected chi connectivity index (χ0v) is 26.2. The Morgan fingerprint density at radius 2 is 1.84 bits per heavy atom. The SMILES string of the molecule is [2H]C([2H])([2H])N1C(=O)c2cccc(C#CC)c2[C@H]2C[C@@H]1c1nc3ccc(-c4cnc(C(CC)(CC)NS(=O)C(C)(C)C)nc4)cc3n12. The Balaban J connectivity index is 1.46. The third kappa shape index (κ3) is 4.68. The van der Waals surface area contributed by atoms with Crippen LogP contribution in [-0.2, 0) is 16.5 Å². The van der Waals surface area contributed by atoms with Crippen LogP contribution in [0.2, 0.25) is 0 Å². The van der Waals surface area contributed by atoms with E-state index in [1.807, 2.05) is 58.9 Å². The summed E-state index contributed by atoms with van der Waals surface area (Å²) in [6.45, 7) is 8.97. The topological polar surface area (TPSA) is 93.0 Å². The molecule has 8 nitrogen and oxygen atoms in total. The van der Waals surface area contributed by atoms with Crippen LogP contribution >= 0.6 is 0 Å². The van der Waals surface area contributed by atoms with E-state index in [-0.39, 0.29) is 6.04 Å². The van der Waals surface area contributed by atoms with E-state index in [1.54, 1.807) is 31.5 Å². The van der Waals surface area contributed by atoms with Crippen molar-refractivity contribution in [3.8, 4) is 23.0 Å². The van der Waals surface area contributed by atoms with Crippen LogP contribution in [0.4, 0.5) is 0 Å². The number of amides is 1. The van der Waals surface area contributed by atoms with Crippen molar-refractivity contribution in [2.24, 2.45) is 0 Å². The maximum absolute atomic E-state index is 13.8. The van der Waals surface area contributed by atoms with Gasteiger partial charge in [-0.15, -0.1) is 5.92 Å². The smallest absolute Gasteiger partial charge is 0.254 e. The molecule has 0 radical (unpaired) electrons. The number of hydrogen-bond donors (Lipinski definition) is 1. The molecule has 4 heterocycles. The molecular formula is C34H38N6O2S. The van der Waals surface area contributed by atoms with Gasteiger partial charge in [0.25, 0.3) is 5.91 Å². The summed E-state index contributed by atoms with van der Waals surface area (Å²) in [5.74, 6) is 6.69. The second kappa shape index (κ2) is 10.7. The predicted molar refractivity (Wildman–Crippen MR) is 171 cm³/mol. The lowest BCUT2D eigenvalue weighted by Crippen LogP contribution is -2.48. The summed E-state index contributed by atoms with van der Waals surface area (Å²) in [6, 6.07) is 10.2. The summed E-state index contributed by atoms with van der Waals surface area (Å²) in [6.07, 6.45) is 5.30. The molecule has 1 N–H and O–H groups in total. The maximum Gasteiger partial charge on any atom is 0.254 e. The Labute approximate surface area is 260 Å². The summed E-state index contributed by atoms with van der Waals surface area (Å²) >= 11 is 0. The fraction of sp³-hybridized carbons (Fsp3) is 0.412. The van der Waals surface area contributed by atoms with Crippen LogP contribution in [0.5, 0.6) is 0 Å². The highest BCUT2D eigenvalue weighted by Gasteiger charge is 2.44. The van der Waals surface area contributed by atoms with Gasteiger partial charge in [0.2, 0.25) is 0 Å². The molecular weight excluding hydrogens is 556 g/mol. The molecule has 0 spiro atoms. The number of benzene rings is 2. The first-order valence-corrected chi connectivity index (χ1v) is 15.8. The van der Waals surface area contributed by atoms with Crippen LogP contribution in [-0.4, -0.2) is 46.3 Å². The van der Waals surface area contributed by atoms with Crippen molar-refractivity contribution in [3.05, 3.63) is 77.1 Å². The summed E-state index contributed by atoms with van der Waals surface area (Å²) in [5.41, 5.74) is 4.35. The standard InChI is InChI=1S/C34H38N6O2S/c1-8-12-21-13-11-14-24-29(21)27-18-28(39(7)31(24)41)30-37-25-16-15-22(17-26(25)40(27)30)23-19-35-32(36-20-23)34(9-2,10-3)38-43(42)33(4,5)6/h11,13-17,19-20,27-28,38H,9-10,18H2,1-7H3/t27-,28-,43?/m1/s1/i7D3. The largest absolute Gasteiger partial charge is 0.331 e. The molecule has 9 heteroatoms. The van der Waals surface area contributed by atoms with Crippen molar-refractivity contribution in [1.82, 2.24) is 29.1 Å². The van der Waals surface area contributed by atoms with E-state index in [9.17, 15) is 9.00 Å². The Morgan fingerprint density at radius 1 is 1.09 bits per heavy atom. The van der Waals surface area contributed by atoms with Crippen LogP contribution in [0.3, 0.4) is 0 Å². The lowest BCUT2D eigenvalue weighted by molar-refractivity contribution is 0.0734. The zero-order chi connectivity index (χ0) is 33.2. The molecule has 3 atom stereocenters. The first kappa shape index (κ1) is 25.6. The fourth-order valence-electron chi connectivity index (χ4n) is 6.18. The molecule has 0 aliphatic carbocycles. The Bertz CT molecular complexity index is 1930. The van der Waals surface area contributed by atoms with E-state index >= 15 is 0 Å². The van der Waals surface area contributed by atoms with Gasteiger partial charge in [-0.3, -0.25) is 4.79 Å². The normalized spacial score (nSPS) is 19.9. The lowest BCUT2D eigenvalue weighted by atomic mass is 9.93. The van der Waals surface area contributed by atoms with Crippen molar-refractivity contribution in [2.45, 2.75) is 83.2 Å². The average Bonchev–Trinajstić information content (AvgIpc) is 3.52. The Kier molecular flexibility index (Phi) is 6.37. The van der Waals surface area contributed by atoms with Crippen LogP contribution < -0.4 is 4.72 Å². The summed E-state index contributed by atoms with van der Waals surface area (Å²) < 4.78 is 42.9. The monoisotopic (exact) mass is 597 g/mol. The van der Waals surface area contributed by atoms with E-state index in [0.717, 1.165) is 27.1 Å². The van der Waals surface area contributed by atoms with Crippen LogP contribution in [0.1, 0.15) is 110 Å². The second-order valence-corrected chi connectivity index (χ2v) is 14.2. The third-order valence-electron chi connectivity index (χ3n) is 8.70. The minimum atomic E-state index is -2.65. The van der Waals surface area contributed by atoms with Crippen LogP contribution in [0.25, 0.3) is 22.2 Å². The Morgan fingerprint density at radius 3 is 2.49 bits per heavy atom. The number of carbonyl (C=O) groups is 1. The maximum atomic E-state index is 13.8. The summed E-state index contributed by atoms with van der Waals surface area (Å²) in [7, 11) is -1.30. The van der Waals surface area contributed by atoms with Gasteiger partial charge in [0, 0.05) is 52.2 Å². The van der Waals surface area contributed by atoms with E-state index in [0.29, 0.717) is 47.6 Å². The van der Waals surface area contributed by atoms with Crippen LogP contribution in [0.15, 0.2) is 48.8 Å². The van der Waals surface area contributed by atoms with Gasteiger partial charge in [-0.2, -0.15) is 0 Å². The fourth-order valence-corrected chi connectivity index (χ4v) is 7.22. The molecule has 0 saturated heterocycles. The number of imidazole rings is 1. The number of nitrogens with one attached hydrogen (secondary N) is 1. The van der Waals surface area contributed by atoms with E-state index in [2.05, 4.69) is 21.1 Å². The molecule has 43 heavy (non-hydrogen) atoms. The van der Waals surface area contributed by atoms with E-state index in [4.69, 9.17) is 19.1 Å². The van der Waals surface area contributed by atoms with E-state index in [1.165, 1.54) is 0 Å². The molecule has 0 saturated carbocycles. The second-order valence-electron chi connectivity index (χ2n) is 12.2. The number of rotatable bonds is 6. The van der Waals surface area contributed by atoms with Gasteiger partial charge in [-0.05, 0) is 70.4 Å². The molecule has 6 rings (SSSR count). The molecule has 1 unspecified atom stereocenters. The van der Waals surface area contributed by atoms with Gasteiger partial charge < -0.3 is 9.47 Å². The predicted octanol–water partition coefficient (Wildman–Crippen LogP) is 6.05. The van der Waals surface area contributed by atoms with Gasteiger partial charge in [0.15, 0.2) is 0 Å². The molecule has 2 aliphatic rings. The lowest BCUT2D eigenvalue weighted by Gasteiger charge is -2.33. The molecule has 1 amide bonds. The molecule has 0 fully saturated rings. The number of aromatic nitrogens is 4. The highest BCUT2D eigenvalue weighted by molar-refractivity contribution is 7.84. The summed E-state index contributed by atoms with van der Waals surface area (Å²) in [4.78, 5) is 29.2. The first-order valence-electron chi connectivity index (χ1n) is 16.2. The number of fused-ring (bicyclic) bond motifs is 9. The van der Waals surface area contributed by atoms with Crippen molar-refractivity contribution >= 4 is 27.9 Å². The Hall–Kier alpha value is -3.87. The molecule has 4 aromatic rings. The molecule has 2 aromatic heterocycles. The quantitative estimate of drug-likeness (QED) is 0.273. The van der Waals surface area contributed by atoms with Crippen molar-refractivity contribution < 1.29 is 13.1 Å². The van der Waals surface area contributed by atoms with Crippen molar-refractivity contribution in [3.63, 3.8) is 0 Å². The number of hydrogen-bond acceptors (Lipinski definition) is 5. The van der Waals surface area contributed by atoms with Gasteiger partial charge in [-0.1, -0.05) is 31.9 Å². The molecule has 222 valence electrons. The number of carbonyl (C=O) groups excluding carboxylic acids is 1. The number of nitrogens with zero attached hydrogens (tertiary/aromatic N) is 5. The average molecular weight is 598 g/mol. The molecule has 2 aliphatic heterocycles. The first-order chi connectivity index (χ1) is 21.7. The van der Waals surface area contributed by atoms with E-state index < -0.39 is 40.2 Å². The minimum absolute atomic E-state index is 0.327.